The molecule has 0 unspecified atom stereocenters. The Morgan fingerprint density at radius 1 is 1.33 bits per heavy atom. The monoisotopic (exact) mass is 209 g/mol. The second-order valence-corrected chi connectivity index (χ2v) is 4.26. The van der Waals surface area contributed by atoms with E-state index in [-0.39, 0.29) is 6.61 Å². The predicted molar refractivity (Wildman–Crippen MR) is 57.3 cm³/mol. The highest BCUT2D eigenvalue weighted by Gasteiger charge is 2.37. The van der Waals surface area contributed by atoms with Gasteiger partial charge in [-0.05, 0) is 12.0 Å². The predicted octanol–water partition coefficient (Wildman–Crippen LogP) is 1.59. The summed E-state index contributed by atoms with van der Waals surface area (Å²) in [7, 11) is 0. The molecule has 2 rings (SSSR count). The Hall–Kier alpha value is -0.930. The molecule has 0 bridgehead atoms. The van der Waals surface area contributed by atoms with Crippen LogP contribution in [0.25, 0.3) is 0 Å². The van der Waals surface area contributed by atoms with Crippen molar-refractivity contribution in [1.82, 2.24) is 4.90 Å². The largest absolute Gasteiger partial charge is 0.393 e. The topological polar surface area (TPSA) is 23.5 Å². The third-order valence-corrected chi connectivity index (χ3v) is 2.92. The van der Waals surface area contributed by atoms with Gasteiger partial charge in [-0.3, -0.25) is 4.90 Å². The first kappa shape index (κ1) is 10.6. The first-order valence-corrected chi connectivity index (χ1v) is 5.28. The molecule has 1 fully saturated rings. The molecule has 1 N–H and O–H groups in total. The highest BCUT2D eigenvalue weighted by Crippen LogP contribution is 2.25. The Kier molecular flexibility index (Phi) is 3.03. The van der Waals surface area contributed by atoms with Gasteiger partial charge in [-0.2, -0.15) is 0 Å². The average molecular weight is 209 g/mol. The minimum Gasteiger partial charge on any atom is -0.393 e. The molecule has 1 aromatic rings. The molecule has 1 aliphatic rings. The number of benzene rings is 1. The van der Waals surface area contributed by atoms with E-state index in [4.69, 9.17) is 5.11 Å². The average Bonchev–Trinajstić information content (AvgIpc) is 2.63. The van der Waals surface area contributed by atoms with Crippen molar-refractivity contribution in [2.45, 2.75) is 18.6 Å². The first-order chi connectivity index (χ1) is 7.22. The fraction of sp³-hybridized carbons (Fsp3) is 0.500. The Balaban J connectivity index is 1.93. The number of nitrogens with zero attached hydrogens (tertiary/aromatic N) is 1. The molecule has 0 aromatic heterocycles. The third-order valence-electron chi connectivity index (χ3n) is 2.92. The summed E-state index contributed by atoms with van der Waals surface area (Å²) < 4.78 is 13.7. The zero-order valence-corrected chi connectivity index (χ0v) is 8.69. The lowest BCUT2D eigenvalue weighted by molar-refractivity contribution is 0.0769. The summed E-state index contributed by atoms with van der Waals surface area (Å²) in [4.78, 5) is 2.05. The molecular weight excluding hydrogens is 193 g/mol. The molecule has 1 heterocycles. The van der Waals surface area contributed by atoms with E-state index in [1.54, 1.807) is 0 Å². The zero-order valence-electron chi connectivity index (χ0n) is 8.69. The van der Waals surface area contributed by atoms with Gasteiger partial charge in [-0.1, -0.05) is 30.3 Å². The summed E-state index contributed by atoms with van der Waals surface area (Å²) in [5.41, 5.74) is -0.186. The minimum atomic E-state index is -1.38. The van der Waals surface area contributed by atoms with Crippen LogP contribution in [0.1, 0.15) is 12.0 Å². The second kappa shape index (κ2) is 4.29. The van der Waals surface area contributed by atoms with Crippen LogP contribution in [0.5, 0.6) is 0 Å². The van der Waals surface area contributed by atoms with Gasteiger partial charge < -0.3 is 5.11 Å². The Bertz CT molecular complexity index is 317. The fourth-order valence-corrected chi connectivity index (χ4v) is 2.02. The SMILES string of the molecule is OC[C@@]1(F)CCN(Cc2ccccc2)C1. The van der Waals surface area contributed by atoms with E-state index >= 15 is 0 Å². The van der Waals surface area contributed by atoms with Crippen molar-refractivity contribution >= 4 is 0 Å². The van der Waals surface area contributed by atoms with Gasteiger partial charge in [0.2, 0.25) is 0 Å². The van der Waals surface area contributed by atoms with Crippen LogP contribution in [0.15, 0.2) is 30.3 Å². The lowest BCUT2D eigenvalue weighted by atomic mass is 10.1. The second-order valence-electron chi connectivity index (χ2n) is 4.26. The summed E-state index contributed by atoms with van der Waals surface area (Å²) in [5.74, 6) is 0. The molecule has 3 heteroatoms. The number of likely N-dealkylation sites (tertiary alicyclic amines) is 1. The summed E-state index contributed by atoms with van der Waals surface area (Å²) in [6.45, 7) is 1.48. The van der Waals surface area contributed by atoms with E-state index < -0.39 is 5.67 Å². The molecular formula is C12H16FNO. The van der Waals surface area contributed by atoms with Crippen molar-refractivity contribution in [1.29, 1.82) is 0 Å². The number of alkyl halides is 1. The van der Waals surface area contributed by atoms with Gasteiger partial charge in [0.25, 0.3) is 0 Å². The van der Waals surface area contributed by atoms with Crippen LogP contribution >= 0.6 is 0 Å². The van der Waals surface area contributed by atoms with E-state index in [0.717, 1.165) is 13.1 Å². The molecule has 2 nitrogen and oxygen atoms in total. The molecule has 1 saturated heterocycles. The van der Waals surface area contributed by atoms with Gasteiger partial charge in [0.05, 0.1) is 6.61 Å². The van der Waals surface area contributed by atoms with Gasteiger partial charge in [-0.15, -0.1) is 0 Å². The van der Waals surface area contributed by atoms with E-state index in [0.29, 0.717) is 13.0 Å². The van der Waals surface area contributed by atoms with Crippen molar-refractivity contribution in [2.24, 2.45) is 0 Å². The van der Waals surface area contributed by atoms with Crippen LogP contribution < -0.4 is 0 Å². The lowest BCUT2D eigenvalue weighted by Gasteiger charge is -2.18. The summed E-state index contributed by atoms with van der Waals surface area (Å²) in [5, 5.41) is 8.91. The van der Waals surface area contributed by atoms with Crippen molar-refractivity contribution in [3.63, 3.8) is 0 Å². The third kappa shape index (κ3) is 2.55. The summed E-state index contributed by atoms with van der Waals surface area (Å²) in [6.07, 6.45) is 0.441. The number of halogens is 1. The molecule has 1 aliphatic heterocycles. The zero-order chi connectivity index (χ0) is 10.7. The number of aliphatic hydroxyl groups is 1. The molecule has 15 heavy (non-hydrogen) atoms. The maximum atomic E-state index is 13.7. The fourth-order valence-electron chi connectivity index (χ4n) is 2.02. The first-order valence-electron chi connectivity index (χ1n) is 5.28. The minimum absolute atomic E-state index is 0.346. The Labute approximate surface area is 89.3 Å². The molecule has 0 saturated carbocycles. The smallest absolute Gasteiger partial charge is 0.147 e. The maximum Gasteiger partial charge on any atom is 0.147 e. The van der Waals surface area contributed by atoms with Crippen LogP contribution in [-0.4, -0.2) is 35.4 Å². The highest BCUT2D eigenvalue weighted by molar-refractivity contribution is 5.14. The van der Waals surface area contributed by atoms with Gasteiger partial charge in [0, 0.05) is 19.6 Å². The Morgan fingerprint density at radius 2 is 2.07 bits per heavy atom. The standard InChI is InChI=1S/C12H16FNO/c13-12(10-15)6-7-14(9-12)8-11-4-2-1-3-5-11/h1-5,15H,6-10H2/t12-/m1/s1. The van der Waals surface area contributed by atoms with Crippen molar-refractivity contribution < 1.29 is 9.50 Å². The Morgan fingerprint density at radius 3 is 2.67 bits per heavy atom. The number of hydrogen-bond donors (Lipinski definition) is 1. The van der Waals surface area contributed by atoms with Crippen molar-refractivity contribution in [2.75, 3.05) is 19.7 Å². The van der Waals surface area contributed by atoms with Crippen molar-refractivity contribution in [3.05, 3.63) is 35.9 Å². The maximum absolute atomic E-state index is 13.7. The number of hydrogen-bond acceptors (Lipinski definition) is 2. The summed E-state index contributed by atoms with van der Waals surface area (Å²) >= 11 is 0. The number of rotatable bonds is 3. The molecule has 0 amide bonds. The lowest BCUT2D eigenvalue weighted by Crippen LogP contribution is -2.32. The van der Waals surface area contributed by atoms with E-state index in [2.05, 4.69) is 0 Å². The number of aliphatic hydroxyl groups excluding tert-OH is 1. The normalized spacial score (nSPS) is 27.1. The van der Waals surface area contributed by atoms with Crippen molar-refractivity contribution in [3.8, 4) is 0 Å². The van der Waals surface area contributed by atoms with Crippen LogP contribution in [0.4, 0.5) is 4.39 Å². The summed E-state index contributed by atoms with van der Waals surface area (Å²) in [6, 6.07) is 10.0. The molecule has 0 spiro atoms. The van der Waals surface area contributed by atoms with Crippen LogP contribution in [-0.2, 0) is 6.54 Å². The quantitative estimate of drug-likeness (QED) is 0.817. The van der Waals surface area contributed by atoms with Gasteiger partial charge in [0.1, 0.15) is 5.67 Å². The molecule has 82 valence electrons. The molecule has 0 radical (unpaired) electrons. The van der Waals surface area contributed by atoms with Crippen LogP contribution in [0, 0.1) is 0 Å². The van der Waals surface area contributed by atoms with E-state index in [1.807, 2.05) is 35.2 Å². The van der Waals surface area contributed by atoms with Gasteiger partial charge in [0.15, 0.2) is 0 Å². The van der Waals surface area contributed by atoms with Gasteiger partial charge in [-0.25, -0.2) is 4.39 Å². The van der Waals surface area contributed by atoms with Gasteiger partial charge >= 0.3 is 0 Å². The molecule has 1 aromatic carbocycles. The molecule has 0 aliphatic carbocycles. The van der Waals surface area contributed by atoms with Crippen LogP contribution in [0.2, 0.25) is 0 Å². The van der Waals surface area contributed by atoms with Crippen LogP contribution in [0.3, 0.4) is 0 Å². The van der Waals surface area contributed by atoms with E-state index in [9.17, 15) is 4.39 Å². The molecule has 1 atom stereocenters. The van der Waals surface area contributed by atoms with E-state index in [1.165, 1.54) is 5.56 Å². The highest BCUT2D eigenvalue weighted by atomic mass is 19.1.